The smallest absolute Gasteiger partial charge is 0.408 e. The Balaban J connectivity index is 1.75. The molecule has 8 heteroatoms. The maximum atomic E-state index is 12.6. The van der Waals surface area contributed by atoms with Gasteiger partial charge in [-0.05, 0) is 52.1 Å². The molecule has 1 unspecified atom stereocenters. The lowest BCUT2D eigenvalue weighted by Crippen LogP contribution is -2.26. The number of pyridine rings is 1. The van der Waals surface area contributed by atoms with E-state index in [0.717, 1.165) is 10.9 Å². The zero-order valence-corrected chi connectivity index (χ0v) is 17.6. The number of carbonyl (C=O) groups is 2. The van der Waals surface area contributed by atoms with Gasteiger partial charge in [-0.15, -0.1) is 0 Å². The van der Waals surface area contributed by atoms with Crippen molar-refractivity contribution in [3.63, 3.8) is 0 Å². The summed E-state index contributed by atoms with van der Waals surface area (Å²) in [6.07, 6.45) is 1.00. The van der Waals surface area contributed by atoms with Gasteiger partial charge in [0.25, 0.3) is 5.91 Å². The van der Waals surface area contributed by atoms with E-state index in [0.29, 0.717) is 17.0 Å². The van der Waals surface area contributed by atoms with Crippen LogP contribution in [0.5, 0.6) is 5.75 Å². The van der Waals surface area contributed by atoms with Gasteiger partial charge in [0.2, 0.25) is 0 Å². The Hall–Kier alpha value is -3.39. The second-order valence-electron chi connectivity index (χ2n) is 6.78. The van der Waals surface area contributed by atoms with Crippen molar-refractivity contribution in [2.24, 2.45) is 0 Å². The van der Waals surface area contributed by atoms with E-state index in [2.05, 4.69) is 21.5 Å². The number of nitrogens with one attached hydrogen (secondary N) is 2. The van der Waals surface area contributed by atoms with Crippen molar-refractivity contribution >= 4 is 38.3 Å². The van der Waals surface area contributed by atoms with Crippen LogP contribution in [0, 0.1) is 0 Å². The third-order valence-electron chi connectivity index (χ3n) is 4.31. The topological polar surface area (TPSA) is 97.4 Å². The van der Waals surface area contributed by atoms with Crippen molar-refractivity contribution in [2.75, 3.05) is 12.8 Å². The molecule has 7 nitrogen and oxygen atoms in total. The highest BCUT2D eigenvalue weighted by Gasteiger charge is 2.13. The Morgan fingerprint density at radius 3 is 2.47 bits per heavy atom. The summed E-state index contributed by atoms with van der Waals surface area (Å²) in [7, 11) is -2.27. The van der Waals surface area contributed by atoms with Gasteiger partial charge in [0.05, 0.1) is 0 Å². The number of aromatic nitrogens is 1. The summed E-state index contributed by atoms with van der Waals surface area (Å²) in [6, 6.07) is 15.7. The molecule has 156 valence electrons. The fraction of sp³-hybridized carbons (Fsp3) is 0.182. The molecule has 0 saturated carbocycles. The lowest BCUT2D eigenvalue weighted by molar-refractivity contribution is 0.0946. The number of carbonyl (C=O) groups excluding carboxylic acids is 2. The summed E-state index contributed by atoms with van der Waals surface area (Å²) in [6.45, 7) is 2.52. The highest BCUT2D eigenvalue weighted by molar-refractivity contribution is 7.99. The molecule has 0 bridgehead atoms. The predicted octanol–water partition coefficient (Wildman–Crippen LogP) is 2.98. The van der Waals surface area contributed by atoms with Crippen molar-refractivity contribution in [3.05, 3.63) is 65.9 Å². The number of para-hydroxylation sites is 1. The summed E-state index contributed by atoms with van der Waals surface area (Å²) >= 11 is 0. The van der Waals surface area contributed by atoms with Gasteiger partial charge in [0.15, 0.2) is 5.75 Å². The van der Waals surface area contributed by atoms with E-state index in [1.165, 1.54) is 0 Å². The first-order valence-corrected chi connectivity index (χ1v) is 11.5. The molecule has 1 heterocycles. The molecule has 2 amide bonds. The molecule has 3 aromatic rings. The standard InChI is InChI=1S/C22H23N3O4S/c1-4-23-22(27)29-19-7-5-6-16-10-13-18(25-20(16)19)21(26)24-14-15-8-11-17(12-9-15)30(2,3)28/h5-13H,2,4,14H2,1,3H3,(H,23,27)(H,24,26). The Morgan fingerprint density at radius 1 is 1.07 bits per heavy atom. The molecule has 0 aliphatic rings. The third kappa shape index (κ3) is 5.15. The largest absolute Gasteiger partial charge is 0.412 e. The van der Waals surface area contributed by atoms with Crippen LogP contribution in [0.3, 0.4) is 0 Å². The first-order valence-electron chi connectivity index (χ1n) is 9.33. The first-order chi connectivity index (χ1) is 14.3. The molecule has 30 heavy (non-hydrogen) atoms. The molecule has 0 aliphatic heterocycles. The van der Waals surface area contributed by atoms with Crippen LogP contribution < -0.4 is 15.4 Å². The van der Waals surface area contributed by atoms with Crippen LogP contribution in [0.1, 0.15) is 23.0 Å². The number of hydrogen-bond acceptors (Lipinski definition) is 5. The number of hydrogen-bond donors (Lipinski definition) is 2. The molecule has 1 atom stereocenters. The zero-order chi connectivity index (χ0) is 21.7. The van der Waals surface area contributed by atoms with E-state index in [9.17, 15) is 13.8 Å². The summed E-state index contributed by atoms with van der Waals surface area (Å²) in [4.78, 5) is 29.4. The zero-order valence-electron chi connectivity index (χ0n) is 16.8. The van der Waals surface area contributed by atoms with Crippen LogP contribution in [0.4, 0.5) is 4.79 Å². The van der Waals surface area contributed by atoms with E-state index in [1.54, 1.807) is 61.7 Å². The summed E-state index contributed by atoms with van der Waals surface area (Å²) in [5.74, 6) is 3.58. The van der Waals surface area contributed by atoms with E-state index < -0.39 is 15.6 Å². The predicted molar refractivity (Wildman–Crippen MR) is 119 cm³/mol. The average Bonchev–Trinajstić information content (AvgIpc) is 2.72. The molecule has 0 fully saturated rings. The molecule has 0 saturated heterocycles. The van der Waals surface area contributed by atoms with E-state index >= 15 is 0 Å². The highest BCUT2D eigenvalue weighted by atomic mass is 32.2. The Labute approximate surface area is 175 Å². The van der Waals surface area contributed by atoms with Crippen LogP contribution in [-0.2, 0) is 16.1 Å². The maximum Gasteiger partial charge on any atom is 0.412 e. The number of benzene rings is 2. The number of fused-ring (bicyclic) bond motifs is 1. The van der Waals surface area contributed by atoms with Crippen LogP contribution in [-0.4, -0.2) is 39.9 Å². The van der Waals surface area contributed by atoms with Crippen molar-refractivity contribution in [3.8, 4) is 5.75 Å². The van der Waals surface area contributed by atoms with Gasteiger partial charge in [-0.25, -0.2) is 9.78 Å². The number of ether oxygens (including phenoxy) is 1. The van der Waals surface area contributed by atoms with Gasteiger partial charge in [0.1, 0.15) is 11.2 Å². The quantitative estimate of drug-likeness (QED) is 0.592. The fourth-order valence-electron chi connectivity index (χ4n) is 2.78. The number of rotatable bonds is 6. The second kappa shape index (κ2) is 8.96. The first kappa shape index (κ1) is 21.3. The minimum Gasteiger partial charge on any atom is -0.408 e. The summed E-state index contributed by atoms with van der Waals surface area (Å²) in [5, 5.41) is 6.12. The molecule has 0 radical (unpaired) electrons. The summed E-state index contributed by atoms with van der Waals surface area (Å²) in [5.41, 5.74) is 1.49. The normalized spacial score (nSPS) is 12.7. The van der Waals surface area contributed by atoms with Crippen LogP contribution >= 0.6 is 0 Å². The van der Waals surface area contributed by atoms with Crippen LogP contribution in [0.2, 0.25) is 0 Å². The molecular formula is C22H23N3O4S. The van der Waals surface area contributed by atoms with Crippen molar-refractivity contribution in [2.45, 2.75) is 18.4 Å². The molecule has 2 N–H and O–H groups in total. The van der Waals surface area contributed by atoms with E-state index in [4.69, 9.17) is 4.74 Å². The minimum absolute atomic E-state index is 0.209. The second-order valence-corrected chi connectivity index (χ2v) is 9.26. The highest BCUT2D eigenvalue weighted by Crippen LogP contribution is 2.24. The van der Waals surface area contributed by atoms with Gasteiger partial charge in [-0.1, -0.05) is 30.3 Å². The maximum absolute atomic E-state index is 12.6. The van der Waals surface area contributed by atoms with Crippen molar-refractivity contribution in [1.82, 2.24) is 15.6 Å². The number of nitrogens with zero attached hydrogens (tertiary/aromatic N) is 1. The molecule has 1 aromatic heterocycles. The molecule has 2 aromatic carbocycles. The van der Waals surface area contributed by atoms with Crippen LogP contribution in [0.15, 0.2) is 59.5 Å². The Kier molecular flexibility index (Phi) is 6.37. The lowest BCUT2D eigenvalue weighted by Gasteiger charge is -2.10. The molecule has 0 aliphatic carbocycles. The van der Waals surface area contributed by atoms with E-state index in [1.807, 2.05) is 6.07 Å². The monoisotopic (exact) mass is 425 g/mol. The average molecular weight is 426 g/mol. The van der Waals surface area contributed by atoms with Crippen molar-refractivity contribution < 1.29 is 18.5 Å². The molecule has 0 spiro atoms. The van der Waals surface area contributed by atoms with Gasteiger partial charge < -0.3 is 15.4 Å². The van der Waals surface area contributed by atoms with Gasteiger partial charge >= 0.3 is 6.09 Å². The van der Waals surface area contributed by atoms with Crippen molar-refractivity contribution in [1.29, 1.82) is 0 Å². The molecular weight excluding hydrogens is 402 g/mol. The Morgan fingerprint density at radius 2 is 1.80 bits per heavy atom. The third-order valence-corrected chi connectivity index (χ3v) is 5.58. The van der Waals surface area contributed by atoms with E-state index in [-0.39, 0.29) is 23.9 Å². The molecule has 3 rings (SSSR count). The fourth-order valence-corrected chi connectivity index (χ4v) is 3.49. The van der Waals surface area contributed by atoms with Gasteiger partial charge in [-0.3, -0.25) is 9.00 Å². The minimum atomic E-state index is -2.27. The Bertz CT molecular complexity index is 1190. The van der Waals surface area contributed by atoms with Gasteiger partial charge in [0, 0.05) is 29.6 Å². The van der Waals surface area contributed by atoms with Crippen LogP contribution in [0.25, 0.3) is 10.9 Å². The SMILES string of the molecule is C=S(C)(=O)c1ccc(CNC(=O)c2ccc3cccc(OC(=O)NCC)c3n2)cc1. The lowest BCUT2D eigenvalue weighted by atomic mass is 10.2. The van der Waals surface area contributed by atoms with Gasteiger partial charge in [-0.2, -0.15) is 0 Å². The summed E-state index contributed by atoms with van der Waals surface area (Å²) < 4.78 is 17.3. The number of amides is 2.